The molecule has 0 fully saturated rings. The quantitative estimate of drug-likeness (QED) is 0.344. The Labute approximate surface area is 201 Å². The van der Waals surface area contributed by atoms with Crippen LogP contribution < -0.4 is 5.32 Å². The van der Waals surface area contributed by atoms with E-state index in [1.165, 1.54) is 0 Å². The van der Waals surface area contributed by atoms with E-state index in [-0.39, 0.29) is 11.9 Å². The van der Waals surface area contributed by atoms with Gasteiger partial charge in [0.05, 0.1) is 23.7 Å². The van der Waals surface area contributed by atoms with Gasteiger partial charge >= 0.3 is 0 Å². The van der Waals surface area contributed by atoms with Crippen molar-refractivity contribution >= 4 is 29.1 Å². The van der Waals surface area contributed by atoms with Crippen LogP contribution in [0.25, 0.3) is 0 Å². The van der Waals surface area contributed by atoms with Crippen molar-refractivity contribution in [2.45, 2.75) is 64.2 Å². The second-order valence-electron chi connectivity index (χ2n) is 8.64. The van der Waals surface area contributed by atoms with Gasteiger partial charge in [-0.3, -0.25) is 4.79 Å². The van der Waals surface area contributed by atoms with Gasteiger partial charge < -0.3 is 15.5 Å². The summed E-state index contributed by atoms with van der Waals surface area (Å²) >= 11 is 12.3. The van der Waals surface area contributed by atoms with Gasteiger partial charge in [-0.25, -0.2) is 0 Å². The first kappa shape index (κ1) is 26.4. The number of rotatable bonds is 11. The molecule has 6 heteroatoms. The fourth-order valence-electron chi connectivity index (χ4n) is 4.02. The SMILES string of the molecule is C=CCC(C)(C[C@H](c1cccc(Cl)c1)[C@@H](O)c1ccc(Cl)cc1)C(=O)N[C@@H](CC)[C@H](C)O. The highest BCUT2D eigenvalue weighted by atomic mass is 35.5. The fraction of sp³-hybridized carbons (Fsp3) is 0.423. The van der Waals surface area contributed by atoms with Gasteiger partial charge in [-0.15, -0.1) is 6.58 Å². The number of carbonyl (C=O) groups excluding carboxylic acids is 1. The van der Waals surface area contributed by atoms with Gasteiger partial charge in [0.2, 0.25) is 5.91 Å². The zero-order valence-corrected chi connectivity index (χ0v) is 20.4. The minimum atomic E-state index is -0.874. The highest BCUT2D eigenvalue weighted by Crippen LogP contribution is 2.43. The molecule has 2 rings (SSSR count). The number of benzene rings is 2. The molecule has 5 atom stereocenters. The van der Waals surface area contributed by atoms with Crippen LogP contribution in [0.15, 0.2) is 61.2 Å². The second kappa shape index (κ2) is 11.9. The highest BCUT2D eigenvalue weighted by molar-refractivity contribution is 6.30. The summed E-state index contributed by atoms with van der Waals surface area (Å²) < 4.78 is 0. The molecule has 3 N–H and O–H groups in total. The molecular formula is C26H33Cl2NO3. The Balaban J connectivity index is 2.44. The van der Waals surface area contributed by atoms with E-state index >= 15 is 0 Å². The van der Waals surface area contributed by atoms with Crippen molar-refractivity contribution in [2.24, 2.45) is 5.41 Å². The normalized spacial score (nSPS) is 17.0. The van der Waals surface area contributed by atoms with Crippen LogP contribution in [0.1, 0.15) is 63.2 Å². The predicted molar refractivity (Wildman–Crippen MR) is 132 cm³/mol. The molecule has 174 valence electrons. The fourth-order valence-corrected chi connectivity index (χ4v) is 4.35. The van der Waals surface area contributed by atoms with Gasteiger partial charge in [-0.2, -0.15) is 0 Å². The molecule has 0 aliphatic heterocycles. The molecule has 0 radical (unpaired) electrons. The minimum Gasteiger partial charge on any atom is -0.391 e. The summed E-state index contributed by atoms with van der Waals surface area (Å²) in [6.07, 6.45) is 1.55. The van der Waals surface area contributed by atoms with Crippen LogP contribution in [0.3, 0.4) is 0 Å². The topological polar surface area (TPSA) is 69.6 Å². The molecule has 1 amide bonds. The number of carbonyl (C=O) groups is 1. The Morgan fingerprint density at radius 1 is 1.12 bits per heavy atom. The number of hydrogen-bond donors (Lipinski definition) is 3. The first-order valence-corrected chi connectivity index (χ1v) is 11.7. The molecule has 2 aromatic rings. The summed E-state index contributed by atoms with van der Waals surface area (Å²) in [5.41, 5.74) is 0.687. The Morgan fingerprint density at radius 2 is 1.78 bits per heavy atom. The van der Waals surface area contributed by atoms with Crippen molar-refractivity contribution in [1.82, 2.24) is 5.32 Å². The largest absolute Gasteiger partial charge is 0.391 e. The molecule has 32 heavy (non-hydrogen) atoms. The molecule has 0 spiro atoms. The molecule has 0 aliphatic carbocycles. The van der Waals surface area contributed by atoms with Gasteiger partial charge in [0.1, 0.15) is 0 Å². The van der Waals surface area contributed by atoms with Gasteiger partial charge in [-0.1, -0.05) is 67.4 Å². The highest BCUT2D eigenvalue weighted by Gasteiger charge is 2.39. The lowest BCUT2D eigenvalue weighted by Crippen LogP contribution is -2.48. The zero-order chi connectivity index (χ0) is 23.9. The number of hydrogen-bond acceptors (Lipinski definition) is 3. The third-order valence-corrected chi connectivity index (χ3v) is 6.51. The predicted octanol–water partition coefficient (Wildman–Crippen LogP) is 6.06. The van der Waals surface area contributed by atoms with E-state index < -0.39 is 23.5 Å². The number of amides is 1. The molecule has 1 unspecified atom stereocenters. The lowest BCUT2D eigenvalue weighted by atomic mass is 9.72. The van der Waals surface area contributed by atoms with Crippen LogP contribution >= 0.6 is 23.2 Å². The summed E-state index contributed by atoms with van der Waals surface area (Å²) in [6, 6.07) is 14.0. The van der Waals surface area contributed by atoms with Crippen LogP contribution in [-0.4, -0.2) is 28.3 Å². The van der Waals surface area contributed by atoms with E-state index in [0.29, 0.717) is 34.9 Å². The van der Waals surface area contributed by atoms with Gasteiger partial charge in [-0.05, 0) is 61.6 Å². The Bertz CT molecular complexity index is 900. The van der Waals surface area contributed by atoms with Crippen LogP contribution in [0.4, 0.5) is 0 Å². The third kappa shape index (κ3) is 6.82. The first-order valence-electron chi connectivity index (χ1n) is 10.9. The molecule has 0 aliphatic rings. The van der Waals surface area contributed by atoms with E-state index in [1.807, 2.05) is 32.0 Å². The standard InChI is InChI=1S/C26H33Cl2NO3/c1-5-14-26(4,25(32)29-23(6-2)17(3)30)16-22(19-8-7-9-21(28)15-19)24(31)18-10-12-20(27)13-11-18/h5,7-13,15,17,22-24,30-31H,1,6,14,16H2,2-4H3,(H,29,32)/t17-,22+,23-,24-,26?/m0/s1. The van der Waals surface area contributed by atoms with Gasteiger partial charge in [0, 0.05) is 16.0 Å². The maximum absolute atomic E-state index is 13.4. The molecular weight excluding hydrogens is 445 g/mol. The first-order chi connectivity index (χ1) is 15.1. The molecule has 2 aromatic carbocycles. The van der Waals surface area contributed by atoms with E-state index in [1.54, 1.807) is 43.3 Å². The zero-order valence-electron chi connectivity index (χ0n) is 18.9. The Kier molecular flexibility index (Phi) is 9.78. The summed E-state index contributed by atoms with van der Waals surface area (Å²) in [6.45, 7) is 9.29. The van der Waals surface area contributed by atoms with Crippen molar-refractivity contribution in [3.8, 4) is 0 Å². The molecule has 0 heterocycles. The number of allylic oxidation sites excluding steroid dienone is 1. The molecule has 0 aromatic heterocycles. The van der Waals surface area contributed by atoms with E-state index in [0.717, 1.165) is 5.56 Å². The van der Waals surface area contributed by atoms with Crippen molar-refractivity contribution in [1.29, 1.82) is 0 Å². The summed E-state index contributed by atoms with van der Waals surface area (Å²) in [5, 5.41) is 25.5. The summed E-state index contributed by atoms with van der Waals surface area (Å²) in [7, 11) is 0. The monoisotopic (exact) mass is 477 g/mol. The maximum Gasteiger partial charge on any atom is 0.226 e. The second-order valence-corrected chi connectivity index (χ2v) is 9.52. The third-order valence-electron chi connectivity index (χ3n) is 6.02. The summed E-state index contributed by atoms with van der Waals surface area (Å²) in [5.74, 6) is -0.585. The van der Waals surface area contributed by atoms with E-state index in [2.05, 4.69) is 11.9 Å². The molecule has 0 bridgehead atoms. The number of aliphatic hydroxyl groups excluding tert-OH is 2. The van der Waals surface area contributed by atoms with Crippen molar-refractivity contribution in [2.75, 3.05) is 0 Å². The summed E-state index contributed by atoms with van der Waals surface area (Å²) in [4.78, 5) is 13.4. The lowest BCUT2D eigenvalue weighted by Gasteiger charge is -2.35. The molecule has 0 saturated heterocycles. The number of nitrogens with one attached hydrogen (secondary N) is 1. The Morgan fingerprint density at radius 3 is 2.31 bits per heavy atom. The number of aliphatic hydroxyl groups is 2. The van der Waals surface area contributed by atoms with Crippen molar-refractivity contribution in [3.63, 3.8) is 0 Å². The van der Waals surface area contributed by atoms with Crippen LogP contribution in [-0.2, 0) is 4.79 Å². The number of halogens is 2. The maximum atomic E-state index is 13.4. The Hall–Kier alpha value is -1.85. The smallest absolute Gasteiger partial charge is 0.226 e. The van der Waals surface area contributed by atoms with E-state index in [9.17, 15) is 15.0 Å². The van der Waals surface area contributed by atoms with Crippen LogP contribution in [0, 0.1) is 5.41 Å². The molecule has 4 nitrogen and oxygen atoms in total. The lowest BCUT2D eigenvalue weighted by molar-refractivity contribution is -0.132. The van der Waals surface area contributed by atoms with Gasteiger partial charge in [0.25, 0.3) is 0 Å². The van der Waals surface area contributed by atoms with Crippen molar-refractivity contribution in [3.05, 3.63) is 82.4 Å². The minimum absolute atomic E-state index is 0.180. The average molecular weight is 478 g/mol. The van der Waals surface area contributed by atoms with Gasteiger partial charge in [0.15, 0.2) is 0 Å². The average Bonchev–Trinajstić information content (AvgIpc) is 2.75. The van der Waals surface area contributed by atoms with E-state index in [4.69, 9.17) is 23.2 Å². The van der Waals surface area contributed by atoms with Crippen LogP contribution in [0.2, 0.25) is 10.0 Å². The van der Waals surface area contributed by atoms with Crippen LogP contribution in [0.5, 0.6) is 0 Å². The van der Waals surface area contributed by atoms with Crippen molar-refractivity contribution < 1.29 is 15.0 Å². The molecule has 0 saturated carbocycles.